The maximum Gasteiger partial charge on any atom is 0.266 e. The molecule has 76 valence electrons. The van der Waals surface area contributed by atoms with Crippen molar-refractivity contribution in [2.75, 3.05) is 0 Å². The van der Waals surface area contributed by atoms with E-state index in [1.54, 1.807) is 0 Å². The summed E-state index contributed by atoms with van der Waals surface area (Å²) in [7, 11) is 0. The Morgan fingerprint density at radius 1 is 1.57 bits per heavy atom. The molecule has 0 saturated carbocycles. The molecule has 0 aliphatic carbocycles. The van der Waals surface area contributed by atoms with Crippen molar-refractivity contribution in [3.05, 3.63) is 33.2 Å². The number of carbonyl (C=O) groups is 1. The van der Waals surface area contributed by atoms with Gasteiger partial charge < -0.3 is 4.98 Å². The first-order chi connectivity index (χ1) is 6.60. The number of hydrogen-bond donors (Lipinski definition) is 1. The first-order valence-electron chi connectivity index (χ1n) is 3.65. The molecule has 6 heteroatoms. The number of H-pyrrole nitrogens is 1. The van der Waals surface area contributed by atoms with E-state index in [2.05, 4.69) is 20.9 Å². The van der Waals surface area contributed by atoms with Gasteiger partial charge in [-0.1, -0.05) is 15.9 Å². The van der Waals surface area contributed by atoms with Crippen LogP contribution < -0.4 is 5.56 Å². The Balaban J connectivity index is 3.48. The van der Waals surface area contributed by atoms with E-state index in [4.69, 9.17) is 0 Å². The molecule has 0 amide bonds. The second-order valence-electron chi connectivity index (χ2n) is 2.53. The number of rotatable bonds is 3. The van der Waals surface area contributed by atoms with Crippen LogP contribution in [0.15, 0.2) is 10.9 Å². The van der Waals surface area contributed by atoms with Crippen LogP contribution >= 0.6 is 15.9 Å². The lowest BCUT2D eigenvalue weighted by Gasteiger charge is -2.07. The number of pyridine rings is 1. The zero-order chi connectivity index (χ0) is 10.7. The number of alkyl halides is 3. The summed E-state index contributed by atoms with van der Waals surface area (Å²) in [4.78, 5) is 23.6. The zero-order valence-electron chi connectivity index (χ0n) is 6.89. The normalized spacial score (nSPS) is 10.6. The Morgan fingerprint density at radius 3 is 2.64 bits per heavy atom. The van der Waals surface area contributed by atoms with Crippen LogP contribution in [-0.4, -0.2) is 11.3 Å². The van der Waals surface area contributed by atoms with E-state index in [0.29, 0.717) is 0 Å². The van der Waals surface area contributed by atoms with Crippen molar-refractivity contribution in [1.29, 1.82) is 0 Å². The van der Waals surface area contributed by atoms with Crippen LogP contribution in [-0.2, 0) is 5.33 Å². The van der Waals surface area contributed by atoms with Gasteiger partial charge in [0, 0.05) is 28.2 Å². The third-order valence-corrected chi connectivity index (χ3v) is 2.24. The molecule has 0 aliphatic rings. The fraction of sp³-hybridized carbons (Fsp3) is 0.250. The van der Waals surface area contributed by atoms with Gasteiger partial charge >= 0.3 is 0 Å². The van der Waals surface area contributed by atoms with Gasteiger partial charge in [-0.05, 0) is 0 Å². The molecular weight excluding hydrogens is 260 g/mol. The average Bonchev–Trinajstić information content (AvgIpc) is 2.15. The molecule has 1 aromatic heterocycles. The SMILES string of the molecule is O=Cc1cc(=O)[nH]c(CBr)c1C(F)F. The van der Waals surface area contributed by atoms with E-state index in [-0.39, 0.29) is 22.9 Å². The van der Waals surface area contributed by atoms with Crippen molar-refractivity contribution in [1.82, 2.24) is 4.98 Å². The zero-order valence-corrected chi connectivity index (χ0v) is 8.48. The molecule has 0 radical (unpaired) electrons. The Bertz CT molecular complexity index is 403. The van der Waals surface area contributed by atoms with E-state index >= 15 is 0 Å². The molecule has 0 bridgehead atoms. The second kappa shape index (κ2) is 4.45. The van der Waals surface area contributed by atoms with Crippen LogP contribution in [0.5, 0.6) is 0 Å². The molecule has 0 aromatic carbocycles. The molecule has 1 rings (SSSR count). The van der Waals surface area contributed by atoms with Crippen molar-refractivity contribution in [2.24, 2.45) is 0 Å². The summed E-state index contributed by atoms with van der Waals surface area (Å²) in [6.45, 7) is 0. The molecule has 0 spiro atoms. The van der Waals surface area contributed by atoms with Crippen LogP contribution in [0.25, 0.3) is 0 Å². The first-order valence-corrected chi connectivity index (χ1v) is 4.77. The molecule has 1 aromatic rings. The lowest BCUT2D eigenvalue weighted by molar-refractivity contribution is 0.110. The third kappa shape index (κ3) is 2.06. The van der Waals surface area contributed by atoms with Gasteiger partial charge in [-0.2, -0.15) is 0 Å². The minimum atomic E-state index is -2.78. The van der Waals surface area contributed by atoms with Gasteiger partial charge in [-0.15, -0.1) is 0 Å². The molecule has 0 aliphatic heterocycles. The maximum atomic E-state index is 12.5. The largest absolute Gasteiger partial charge is 0.325 e. The summed E-state index contributed by atoms with van der Waals surface area (Å²) >= 11 is 2.95. The van der Waals surface area contributed by atoms with Crippen molar-refractivity contribution >= 4 is 22.2 Å². The number of aromatic amines is 1. The lowest BCUT2D eigenvalue weighted by Crippen LogP contribution is -2.13. The summed E-state index contributed by atoms with van der Waals surface area (Å²) < 4.78 is 25.0. The van der Waals surface area contributed by atoms with E-state index in [0.717, 1.165) is 6.07 Å². The number of aromatic nitrogens is 1. The average molecular weight is 266 g/mol. The van der Waals surface area contributed by atoms with Crippen LogP contribution in [0, 0.1) is 0 Å². The van der Waals surface area contributed by atoms with Gasteiger partial charge in [0.05, 0.1) is 0 Å². The van der Waals surface area contributed by atoms with Crippen molar-refractivity contribution in [2.45, 2.75) is 11.8 Å². The van der Waals surface area contributed by atoms with Gasteiger partial charge in [-0.25, -0.2) is 8.78 Å². The summed E-state index contributed by atoms with van der Waals surface area (Å²) in [6, 6.07) is 0.862. The van der Waals surface area contributed by atoms with Gasteiger partial charge in [0.1, 0.15) is 0 Å². The number of aldehydes is 1. The van der Waals surface area contributed by atoms with Crippen molar-refractivity contribution in [3.8, 4) is 0 Å². The molecule has 0 saturated heterocycles. The Kier molecular flexibility index (Phi) is 3.51. The minimum Gasteiger partial charge on any atom is -0.325 e. The highest BCUT2D eigenvalue weighted by molar-refractivity contribution is 9.08. The molecule has 3 nitrogen and oxygen atoms in total. The number of hydrogen-bond acceptors (Lipinski definition) is 2. The number of halogens is 3. The molecule has 1 heterocycles. The minimum absolute atomic E-state index is 0.0367. The van der Waals surface area contributed by atoms with E-state index in [1.165, 1.54) is 0 Å². The quantitative estimate of drug-likeness (QED) is 0.672. The van der Waals surface area contributed by atoms with Crippen LogP contribution in [0.4, 0.5) is 8.78 Å². The molecular formula is C8H6BrF2NO2. The van der Waals surface area contributed by atoms with Crippen molar-refractivity contribution < 1.29 is 13.6 Å². The van der Waals surface area contributed by atoms with Crippen molar-refractivity contribution in [3.63, 3.8) is 0 Å². The highest BCUT2D eigenvalue weighted by atomic mass is 79.9. The van der Waals surface area contributed by atoms with Gasteiger partial charge in [-0.3, -0.25) is 9.59 Å². The molecule has 0 unspecified atom stereocenters. The standard InChI is InChI=1S/C8H6BrF2NO2/c9-2-5-7(8(10)11)4(3-13)1-6(14)12-5/h1,3,8H,2H2,(H,12,14). The Labute approximate surface area is 86.3 Å². The summed E-state index contributed by atoms with van der Waals surface area (Å²) in [5.74, 6) is 0. The smallest absolute Gasteiger partial charge is 0.266 e. The highest BCUT2D eigenvalue weighted by Crippen LogP contribution is 2.24. The fourth-order valence-electron chi connectivity index (χ4n) is 1.11. The first kappa shape index (κ1) is 11.0. The molecule has 14 heavy (non-hydrogen) atoms. The molecule has 0 fully saturated rings. The predicted octanol–water partition coefficient (Wildman–Crippen LogP) is 2.02. The summed E-state index contributed by atoms with van der Waals surface area (Å²) in [5.41, 5.74) is -1.21. The lowest BCUT2D eigenvalue weighted by atomic mass is 10.1. The topological polar surface area (TPSA) is 49.9 Å². The number of nitrogens with one attached hydrogen (secondary N) is 1. The molecule has 0 atom stereocenters. The van der Waals surface area contributed by atoms with Crippen LogP contribution in [0.2, 0.25) is 0 Å². The van der Waals surface area contributed by atoms with Gasteiger partial charge in [0.15, 0.2) is 6.29 Å². The third-order valence-electron chi connectivity index (χ3n) is 1.68. The van der Waals surface area contributed by atoms with Crippen LogP contribution in [0.1, 0.15) is 28.0 Å². The monoisotopic (exact) mass is 265 g/mol. The van der Waals surface area contributed by atoms with Gasteiger partial charge in [0.2, 0.25) is 5.56 Å². The maximum absolute atomic E-state index is 12.5. The highest BCUT2D eigenvalue weighted by Gasteiger charge is 2.18. The fourth-order valence-corrected chi connectivity index (χ4v) is 1.55. The predicted molar refractivity (Wildman–Crippen MR) is 50.0 cm³/mol. The summed E-state index contributed by atoms with van der Waals surface area (Å²) in [6.07, 6.45) is -2.53. The van der Waals surface area contributed by atoms with E-state index < -0.39 is 17.5 Å². The Hall–Kier alpha value is -1.04. The molecule has 1 N–H and O–H groups in total. The summed E-state index contributed by atoms with van der Waals surface area (Å²) in [5, 5.41) is 0.0730. The number of carbonyl (C=O) groups excluding carboxylic acids is 1. The van der Waals surface area contributed by atoms with E-state index in [1.807, 2.05) is 0 Å². The van der Waals surface area contributed by atoms with Gasteiger partial charge in [0.25, 0.3) is 6.43 Å². The van der Waals surface area contributed by atoms with E-state index in [9.17, 15) is 18.4 Å². The Morgan fingerprint density at radius 2 is 2.21 bits per heavy atom. The second-order valence-corrected chi connectivity index (χ2v) is 3.09. The van der Waals surface area contributed by atoms with Crippen LogP contribution in [0.3, 0.4) is 0 Å².